The van der Waals surface area contributed by atoms with E-state index in [1.807, 2.05) is 94.4 Å². The van der Waals surface area contributed by atoms with Crippen LogP contribution in [0.3, 0.4) is 0 Å². The molecule has 0 saturated carbocycles. The molecule has 2 amide bonds. The van der Waals surface area contributed by atoms with E-state index in [4.69, 9.17) is 0 Å². The number of aryl methyl sites for hydroxylation is 2. The molecule has 0 fully saturated rings. The van der Waals surface area contributed by atoms with Gasteiger partial charge in [-0.2, -0.15) is 0 Å². The van der Waals surface area contributed by atoms with Gasteiger partial charge in [0.05, 0.1) is 10.6 Å². The zero-order chi connectivity index (χ0) is 32.6. The third-order valence-electron chi connectivity index (χ3n) is 7.78. The van der Waals surface area contributed by atoms with Gasteiger partial charge in [-0.25, -0.2) is 8.42 Å². The maximum atomic E-state index is 14.6. The largest absolute Gasteiger partial charge is 0.352 e. The number of anilines is 1. The van der Waals surface area contributed by atoms with Crippen LogP contribution < -0.4 is 9.62 Å². The lowest BCUT2D eigenvalue weighted by molar-refractivity contribution is -0.140. The number of carbonyl (C=O) groups excluding carboxylic acids is 2. The average Bonchev–Trinajstić information content (AvgIpc) is 3.04. The summed E-state index contributed by atoms with van der Waals surface area (Å²) in [6.07, 6.45) is 0.987. The Hall–Kier alpha value is -3.95. The Morgan fingerprint density at radius 2 is 1.47 bits per heavy atom. The van der Waals surface area contributed by atoms with E-state index in [0.717, 1.165) is 27.6 Å². The van der Waals surface area contributed by atoms with E-state index in [2.05, 4.69) is 21.2 Å². The second kappa shape index (κ2) is 15.4. The first-order valence-corrected chi connectivity index (χ1v) is 17.3. The molecule has 0 spiro atoms. The third kappa shape index (κ3) is 8.83. The van der Waals surface area contributed by atoms with Crippen LogP contribution in [0.1, 0.15) is 42.5 Å². The minimum Gasteiger partial charge on any atom is -0.352 e. The van der Waals surface area contributed by atoms with E-state index >= 15 is 0 Å². The first-order chi connectivity index (χ1) is 21.5. The molecular weight excluding hydrogens is 650 g/mol. The highest BCUT2D eigenvalue weighted by atomic mass is 79.9. The Labute approximate surface area is 275 Å². The van der Waals surface area contributed by atoms with Crippen LogP contribution in [0.4, 0.5) is 5.69 Å². The van der Waals surface area contributed by atoms with Gasteiger partial charge in [-0.1, -0.05) is 95.7 Å². The number of benzene rings is 4. The van der Waals surface area contributed by atoms with Crippen molar-refractivity contribution in [2.24, 2.45) is 0 Å². The Morgan fingerprint density at radius 1 is 0.844 bits per heavy atom. The Bertz CT molecular complexity index is 1700. The fourth-order valence-corrected chi connectivity index (χ4v) is 6.76. The Kier molecular flexibility index (Phi) is 11.6. The number of rotatable bonds is 13. The van der Waals surface area contributed by atoms with Crippen LogP contribution in [-0.2, 0) is 32.6 Å². The summed E-state index contributed by atoms with van der Waals surface area (Å²) in [7, 11) is -4.15. The number of amides is 2. The quantitative estimate of drug-likeness (QED) is 0.167. The maximum Gasteiger partial charge on any atom is 0.264 e. The first-order valence-electron chi connectivity index (χ1n) is 15.0. The van der Waals surface area contributed by atoms with Crippen LogP contribution in [0.5, 0.6) is 0 Å². The van der Waals surface area contributed by atoms with E-state index in [1.54, 1.807) is 24.3 Å². The number of hydrogen-bond acceptors (Lipinski definition) is 4. The number of carbonyl (C=O) groups is 2. The van der Waals surface area contributed by atoms with Crippen molar-refractivity contribution >= 4 is 43.5 Å². The van der Waals surface area contributed by atoms with Gasteiger partial charge in [0, 0.05) is 23.5 Å². The fourth-order valence-electron chi connectivity index (χ4n) is 5.00. The molecule has 0 unspecified atom stereocenters. The van der Waals surface area contributed by atoms with Crippen molar-refractivity contribution in [3.05, 3.63) is 130 Å². The number of hydrogen-bond donors (Lipinski definition) is 1. The lowest BCUT2D eigenvalue weighted by Crippen LogP contribution is -2.54. The van der Waals surface area contributed by atoms with Gasteiger partial charge in [0.25, 0.3) is 10.0 Å². The first kappa shape index (κ1) is 33.9. The number of nitrogens with zero attached hydrogens (tertiary/aromatic N) is 2. The molecule has 4 aromatic rings. The van der Waals surface area contributed by atoms with Crippen molar-refractivity contribution in [3.8, 4) is 0 Å². The van der Waals surface area contributed by atoms with Crippen LogP contribution >= 0.6 is 15.9 Å². The smallest absolute Gasteiger partial charge is 0.264 e. The lowest BCUT2D eigenvalue weighted by Gasteiger charge is -2.34. The molecule has 1 N–H and O–H groups in total. The lowest BCUT2D eigenvalue weighted by atomic mass is 10.0. The predicted octanol–water partition coefficient (Wildman–Crippen LogP) is 6.82. The Morgan fingerprint density at radius 3 is 2.09 bits per heavy atom. The zero-order valence-electron chi connectivity index (χ0n) is 26.1. The average molecular weight is 691 g/mol. The summed E-state index contributed by atoms with van der Waals surface area (Å²) in [5.41, 5.74) is 3.68. The molecule has 0 aliphatic heterocycles. The second-order valence-corrected chi connectivity index (χ2v) is 14.1. The van der Waals surface area contributed by atoms with Crippen molar-refractivity contribution in [1.82, 2.24) is 10.2 Å². The zero-order valence-corrected chi connectivity index (χ0v) is 28.5. The molecule has 0 aromatic heterocycles. The summed E-state index contributed by atoms with van der Waals surface area (Å²) < 4.78 is 30.5. The van der Waals surface area contributed by atoms with Crippen molar-refractivity contribution in [3.63, 3.8) is 0 Å². The molecule has 4 rings (SSSR count). The highest BCUT2D eigenvalue weighted by Gasteiger charge is 2.35. The van der Waals surface area contributed by atoms with E-state index < -0.39 is 28.5 Å². The summed E-state index contributed by atoms with van der Waals surface area (Å²) >= 11 is 3.47. The van der Waals surface area contributed by atoms with Crippen molar-refractivity contribution in [1.29, 1.82) is 0 Å². The molecular formula is C36H40BrN3O4S. The molecule has 0 aliphatic rings. The standard InChI is InChI=1S/C36H40BrN3O4S/c1-5-28(4)38-36(42)34(23-29-12-8-6-9-13-29)39(24-30-18-20-31(37)21-19-30)35(41)25-40(33-22-26(2)16-17-27(33)3)45(43,44)32-14-10-7-11-15-32/h6-22,28,34H,5,23-25H2,1-4H3,(H,38,42)/t28-,34-/m0/s1. The summed E-state index contributed by atoms with van der Waals surface area (Å²) in [6, 6.07) is 29.7. The summed E-state index contributed by atoms with van der Waals surface area (Å²) in [5.74, 6) is -0.776. The summed E-state index contributed by atoms with van der Waals surface area (Å²) in [4.78, 5) is 30.1. The molecule has 0 bridgehead atoms. The van der Waals surface area contributed by atoms with Gasteiger partial charge in [0.1, 0.15) is 12.6 Å². The van der Waals surface area contributed by atoms with Gasteiger partial charge in [-0.05, 0) is 79.8 Å². The number of nitrogens with one attached hydrogen (secondary N) is 1. The van der Waals surface area contributed by atoms with Crippen LogP contribution in [0.15, 0.2) is 112 Å². The van der Waals surface area contributed by atoms with Gasteiger partial charge in [0.15, 0.2) is 0 Å². The maximum absolute atomic E-state index is 14.6. The van der Waals surface area contributed by atoms with E-state index in [0.29, 0.717) is 11.3 Å². The molecule has 0 radical (unpaired) electrons. The molecule has 7 nitrogen and oxygen atoms in total. The van der Waals surface area contributed by atoms with Crippen molar-refractivity contribution in [2.45, 2.75) is 64.1 Å². The normalized spacial score (nSPS) is 12.6. The SMILES string of the molecule is CC[C@H](C)NC(=O)[C@H](Cc1ccccc1)N(Cc1ccc(Br)cc1)C(=O)CN(c1cc(C)ccc1C)S(=O)(=O)c1ccccc1. The van der Waals surface area contributed by atoms with Gasteiger partial charge in [0.2, 0.25) is 11.8 Å². The topological polar surface area (TPSA) is 86.8 Å². The molecule has 4 aromatic carbocycles. The molecule has 0 heterocycles. The van der Waals surface area contributed by atoms with E-state index in [1.165, 1.54) is 21.3 Å². The van der Waals surface area contributed by atoms with Crippen LogP contribution in [0, 0.1) is 13.8 Å². The number of sulfonamides is 1. The minimum atomic E-state index is -4.15. The highest BCUT2D eigenvalue weighted by Crippen LogP contribution is 2.29. The monoisotopic (exact) mass is 689 g/mol. The molecule has 0 saturated heterocycles. The van der Waals surface area contributed by atoms with Gasteiger partial charge < -0.3 is 10.2 Å². The van der Waals surface area contributed by atoms with Crippen LogP contribution in [-0.4, -0.2) is 43.8 Å². The molecule has 0 aliphatic carbocycles. The second-order valence-electron chi connectivity index (χ2n) is 11.3. The fraction of sp³-hybridized carbons (Fsp3) is 0.278. The van der Waals surface area contributed by atoms with Gasteiger partial charge in [-0.15, -0.1) is 0 Å². The van der Waals surface area contributed by atoms with Crippen molar-refractivity contribution < 1.29 is 18.0 Å². The van der Waals surface area contributed by atoms with Crippen LogP contribution in [0.25, 0.3) is 0 Å². The van der Waals surface area contributed by atoms with Crippen molar-refractivity contribution in [2.75, 3.05) is 10.8 Å². The highest BCUT2D eigenvalue weighted by molar-refractivity contribution is 9.10. The molecule has 45 heavy (non-hydrogen) atoms. The Balaban J connectivity index is 1.83. The predicted molar refractivity (Wildman–Crippen MR) is 183 cm³/mol. The molecule has 2 atom stereocenters. The van der Waals surface area contributed by atoms with Gasteiger partial charge in [-0.3, -0.25) is 13.9 Å². The number of halogens is 1. The van der Waals surface area contributed by atoms with Gasteiger partial charge >= 0.3 is 0 Å². The summed E-state index contributed by atoms with van der Waals surface area (Å²) in [6.45, 7) is 7.24. The van der Waals surface area contributed by atoms with E-state index in [9.17, 15) is 18.0 Å². The minimum absolute atomic E-state index is 0.0773. The molecule has 9 heteroatoms. The summed E-state index contributed by atoms with van der Waals surface area (Å²) in [5, 5.41) is 3.07. The third-order valence-corrected chi connectivity index (χ3v) is 10.1. The molecule has 236 valence electrons. The van der Waals surface area contributed by atoms with Crippen LogP contribution in [0.2, 0.25) is 0 Å². The van der Waals surface area contributed by atoms with E-state index in [-0.39, 0.29) is 29.8 Å².